The second-order valence-corrected chi connectivity index (χ2v) is 6.16. The lowest BCUT2D eigenvalue weighted by Crippen LogP contribution is -2.24. The lowest BCUT2D eigenvalue weighted by molar-refractivity contribution is -0.00243. The van der Waals surface area contributed by atoms with Gasteiger partial charge in [0.1, 0.15) is 12.2 Å². The lowest BCUT2D eigenvalue weighted by Gasteiger charge is -2.18. The van der Waals surface area contributed by atoms with Crippen LogP contribution < -0.4 is 0 Å². The normalized spacial score (nSPS) is 13.1. The molecule has 0 aliphatic carbocycles. The average molecular weight is 306 g/mol. The van der Waals surface area contributed by atoms with E-state index in [1.807, 2.05) is 24.3 Å². The highest BCUT2D eigenvalue weighted by Crippen LogP contribution is 2.09. The third-order valence-corrected chi connectivity index (χ3v) is 2.87. The van der Waals surface area contributed by atoms with Crippen LogP contribution in [0.15, 0.2) is 42.5 Å². The van der Waals surface area contributed by atoms with Crippen molar-refractivity contribution in [2.24, 2.45) is 0 Å². The molecule has 1 aromatic rings. The summed E-state index contributed by atoms with van der Waals surface area (Å²) in [6, 6.07) is 10.1. The van der Waals surface area contributed by atoms with Gasteiger partial charge in [0, 0.05) is 0 Å². The third kappa shape index (κ3) is 9.19. The van der Waals surface area contributed by atoms with Crippen LogP contribution in [-0.4, -0.2) is 29.6 Å². The van der Waals surface area contributed by atoms with Gasteiger partial charge < -0.3 is 14.6 Å². The first-order chi connectivity index (χ1) is 10.4. The minimum absolute atomic E-state index is 0.153. The minimum Gasteiger partial charge on any atom is -0.430 e. The SMILES string of the molecule is CC(C)(C)OC(=O)OC/C=C/CC(O)CCc1ccccc1. The van der Waals surface area contributed by atoms with Crippen molar-refractivity contribution in [3.8, 4) is 0 Å². The zero-order valence-corrected chi connectivity index (χ0v) is 13.6. The Morgan fingerprint density at radius 1 is 1.23 bits per heavy atom. The number of aryl methyl sites for hydroxylation is 1. The van der Waals surface area contributed by atoms with Crippen molar-refractivity contribution < 1.29 is 19.4 Å². The van der Waals surface area contributed by atoms with Gasteiger partial charge in [-0.2, -0.15) is 0 Å². The smallest absolute Gasteiger partial charge is 0.430 e. The lowest BCUT2D eigenvalue weighted by atomic mass is 10.1. The first-order valence-electron chi connectivity index (χ1n) is 7.59. The van der Waals surface area contributed by atoms with Crippen molar-refractivity contribution >= 4 is 6.16 Å². The summed E-state index contributed by atoms with van der Waals surface area (Å²) in [7, 11) is 0. The summed E-state index contributed by atoms with van der Waals surface area (Å²) in [5.41, 5.74) is 0.674. The Bertz CT molecular complexity index is 460. The molecule has 22 heavy (non-hydrogen) atoms. The van der Waals surface area contributed by atoms with E-state index in [0.717, 1.165) is 6.42 Å². The Hall–Kier alpha value is -1.81. The highest BCUT2D eigenvalue weighted by Gasteiger charge is 2.16. The topological polar surface area (TPSA) is 55.8 Å². The van der Waals surface area contributed by atoms with E-state index in [9.17, 15) is 9.90 Å². The molecule has 0 spiro atoms. The largest absolute Gasteiger partial charge is 0.509 e. The molecule has 0 saturated carbocycles. The van der Waals surface area contributed by atoms with Gasteiger partial charge in [0.2, 0.25) is 0 Å². The number of aliphatic hydroxyl groups is 1. The molecule has 122 valence electrons. The quantitative estimate of drug-likeness (QED) is 0.613. The van der Waals surface area contributed by atoms with Crippen LogP contribution in [0.4, 0.5) is 4.79 Å². The van der Waals surface area contributed by atoms with Crippen molar-refractivity contribution in [1.82, 2.24) is 0 Å². The number of hydrogen-bond donors (Lipinski definition) is 1. The summed E-state index contributed by atoms with van der Waals surface area (Å²) < 4.78 is 9.91. The standard InChI is InChI=1S/C18H26O4/c1-18(2,3)22-17(20)21-14-8-7-11-16(19)13-12-15-9-5-4-6-10-15/h4-10,16,19H,11-14H2,1-3H3/b8-7+. The molecule has 1 N–H and O–H groups in total. The zero-order valence-electron chi connectivity index (χ0n) is 13.6. The highest BCUT2D eigenvalue weighted by atomic mass is 16.7. The molecule has 1 unspecified atom stereocenters. The summed E-state index contributed by atoms with van der Waals surface area (Å²) in [6.45, 7) is 5.51. The van der Waals surface area contributed by atoms with E-state index < -0.39 is 17.9 Å². The molecular weight excluding hydrogens is 280 g/mol. The molecule has 0 aliphatic heterocycles. The van der Waals surface area contributed by atoms with Crippen LogP contribution in [0, 0.1) is 0 Å². The van der Waals surface area contributed by atoms with Gasteiger partial charge in [0.15, 0.2) is 0 Å². The van der Waals surface area contributed by atoms with Gasteiger partial charge in [-0.25, -0.2) is 4.79 Å². The molecule has 1 rings (SSSR count). The van der Waals surface area contributed by atoms with Crippen LogP contribution in [0.1, 0.15) is 39.2 Å². The number of ether oxygens (including phenoxy) is 2. The molecule has 0 amide bonds. The predicted octanol–water partition coefficient (Wildman–Crippen LogP) is 3.88. The molecule has 1 atom stereocenters. The Balaban J connectivity index is 2.13. The van der Waals surface area contributed by atoms with Crippen LogP contribution in [-0.2, 0) is 15.9 Å². The minimum atomic E-state index is -0.679. The van der Waals surface area contributed by atoms with Gasteiger partial charge in [-0.15, -0.1) is 0 Å². The van der Waals surface area contributed by atoms with E-state index in [-0.39, 0.29) is 6.61 Å². The van der Waals surface area contributed by atoms with Gasteiger partial charge in [-0.1, -0.05) is 42.5 Å². The van der Waals surface area contributed by atoms with Crippen LogP contribution in [0.5, 0.6) is 0 Å². The number of carbonyl (C=O) groups is 1. The number of rotatable bonds is 7. The van der Waals surface area contributed by atoms with Gasteiger partial charge >= 0.3 is 6.16 Å². The zero-order chi connectivity index (χ0) is 16.4. The van der Waals surface area contributed by atoms with Crippen LogP contribution in [0.2, 0.25) is 0 Å². The summed E-state index contributed by atoms with van der Waals surface area (Å²) >= 11 is 0. The Kier molecular flexibility index (Phi) is 7.67. The molecule has 0 radical (unpaired) electrons. The molecule has 0 aromatic heterocycles. The first-order valence-corrected chi connectivity index (χ1v) is 7.59. The van der Waals surface area contributed by atoms with Crippen molar-refractivity contribution in [2.45, 2.75) is 51.7 Å². The molecule has 0 heterocycles. The van der Waals surface area contributed by atoms with Crippen molar-refractivity contribution in [3.05, 3.63) is 48.0 Å². The summed E-state index contributed by atoms with van der Waals surface area (Å²) in [5, 5.41) is 9.89. The summed E-state index contributed by atoms with van der Waals surface area (Å²) in [4.78, 5) is 11.3. The predicted molar refractivity (Wildman–Crippen MR) is 86.7 cm³/mol. The van der Waals surface area contributed by atoms with Crippen molar-refractivity contribution in [3.63, 3.8) is 0 Å². The number of hydrogen-bond acceptors (Lipinski definition) is 4. The van der Waals surface area contributed by atoms with E-state index in [0.29, 0.717) is 12.8 Å². The number of aliphatic hydroxyl groups excluding tert-OH is 1. The Labute approximate surface area is 132 Å². The van der Waals surface area contributed by atoms with Crippen molar-refractivity contribution in [2.75, 3.05) is 6.61 Å². The van der Waals surface area contributed by atoms with E-state index in [2.05, 4.69) is 12.1 Å². The fraction of sp³-hybridized carbons (Fsp3) is 0.500. The maximum absolute atomic E-state index is 11.3. The molecule has 4 heteroatoms. The second kappa shape index (κ2) is 9.26. The number of carbonyl (C=O) groups excluding carboxylic acids is 1. The monoisotopic (exact) mass is 306 g/mol. The first kappa shape index (κ1) is 18.2. The average Bonchev–Trinajstić information content (AvgIpc) is 2.44. The van der Waals surface area contributed by atoms with E-state index in [1.54, 1.807) is 26.8 Å². The molecule has 0 aliphatic rings. The van der Waals surface area contributed by atoms with Gasteiger partial charge in [-0.05, 0) is 45.6 Å². The van der Waals surface area contributed by atoms with E-state index in [1.165, 1.54) is 5.56 Å². The van der Waals surface area contributed by atoms with Crippen molar-refractivity contribution in [1.29, 1.82) is 0 Å². The molecule has 0 saturated heterocycles. The molecule has 0 fully saturated rings. The van der Waals surface area contributed by atoms with Gasteiger partial charge in [-0.3, -0.25) is 0 Å². The molecule has 4 nitrogen and oxygen atoms in total. The maximum Gasteiger partial charge on any atom is 0.509 e. The van der Waals surface area contributed by atoms with Gasteiger partial charge in [0.25, 0.3) is 0 Å². The summed E-state index contributed by atoms with van der Waals surface area (Å²) in [6.07, 6.45) is 4.57. The van der Waals surface area contributed by atoms with Crippen LogP contribution in [0.25, 0.3) is 0 Å². The third-order valence-electron chi connectivity index (χ3n) is 2.87. The molecule has 1 aromatic carbocycles. The highest BCUT2D eigenvalue weighted by molar-refractivity contribution is 5.60. The fourth-order valence-corrected chi connectivity index (χ4v) is 1.81. The van der Waals surface area contributed by atoms with Crippen LogP contribution >= 0.6 is 0 Å². The second-order valence-electron chi connectivity index (χ2n) is 6.16. The fourth-order valence-electron chi connectivity index (χ4n) is 1.81. The van der Waals surface area contributed by atoms with Crippen LogP contribution in [0.3, 0.4) is 0 Å². The van der Waals surface area contributed by atoms with E-state index in [4.69, 9.17) is 9.47 Å². The molecular formula is C18H26O4. The summed E-state index contributed by atoms with van der Waals surface area (Å²) in [5.74, 6) is 0. The Morgan fingerprint density at radius 2 is 1.91 bits per heavy atom. The molecule has 0 bridgehead atoms. The Morgan fingerprint density at radius 3 is 2.55 bits per heavy atom. The maximum atomic E-state index is 11.3. The van der Waals surface area contributed by atoms with E-state index >= 15 is 0 Å². The van der Waals surface area contributed by atoms with Gasteiger partial charge in [0.05, 0.1) is 6.10 Å². The number of benzene rings is 1.